The van der Waals surface area contributed by atoms with E-state index in [0.717, 1.165) is 0 Å². The summed E-state index contributed by atoms with van der Waals surface area (Å²) in [5.74, 6) is 0.0536. The van der Waals surface area contributed by atoms with Gasteiger partial charge in [-0.1, -0.05) is 23.2 Å². The molecule has 0 aliphatic heterocycles. The van der Waals surface area contributed by atoms with Crippen LogP contribution in [0, 0.1) is 0 Å². The third-order valence-electron chi connectivity index (χ3n) is 2.66. The fraction of sp³-hybridized carbons (Fsp3) is 0.154. The second-order valence-electron chi connectivity index (χ2n) is 4.05. The smallest absolute Gasteiger partial charge is 0.289 e. The topological polar surface area (TPSA) is 68.5 Å². The Bertz CT molecular complexity index is 697. The molecular weight excluding hydrogens is 315 g/mol. The normalized spacial score (nSPS) is 10.9. The first-order valence-corrected chi connectivity index (χ1v) is 6.63. The zero-order valence-corrected chi connectivity index (χ0v) is 12.8. The molecule has 0 bridgehead atoms. The van der Waals surface area contributed by atoms with Crippen molar-refractivity contribution in [3.8, 4) is 5.75 Å². The van der Waals surface area contributed by atoms with Crippen LogP contribution in [0.5, 0.6) is 5.75 Å². The lowest BCUT2D eigenvalue weighted by Gasteiger charge is -2.07. The number of amides is 1. The highest BCUT2D eigenvalue weighted by Gasteiger charge is 2.10. The van der Waals surface area contributed by atoms with Gasteiger partial charge in [-0.2, -0.15) is 10.2 Å². The SMILES string of the molecule is COc1c(Cl)cc(Cl)cc1/C=N/NC(=O)c1ccnn1C. The monoisotopic (exact) mass is 326 g/mol. The number of rotatable bonds is 4. The number of hydrazone groups is 1. The van der Waals surface area contributed by atoms with Crippen molar-refractivity contribution in [2.75, 3.05) is 7.11 Å². The summed E-state index contributed by atoms with van der Waals surface area (Å²) in [4.78, 5) is 11.8. The van der Waals surface area contributed by atoms with Crippen LogP contribution >= 0.6 is 23.2 Å². The number of hydrogen-bond donors (Lipinski definition) is 1. The van der Waals surface area contributed by atoms with Crippen molar-refractivity contribution in [1.29, 1.82) is 0 Å². The van der Waals surface area contributed by atoms with Crippen LogP contribution in [-0.4, -0.2) is 29.0 Å². The molecule has 0 aliphatic rings. The number of nitrogens with one attached hydrogen (secondary N) is 1. The number of halogens is 2. The maximum Gasteiger partial charge on any atom is 0.289 e. The lowest BCUT2D eigenvalue weighted by Crippen LogP contribution is -2.20. The highest BCUT2D eigenvalue weighted by molar-refractivity contribution is 6.36. The fourth-order valence-electron chi connectivity index (χ4n) is 1.71. The Morgan fingerprint density at radius 1 is 1.48 bits per heavy atom. The Balaban J connectivity index is 2.15. The zero-order valence-electron chi connectivity index (χ0n) is 11.3. The van der Waals surface area contributed by atoms with Gasteiger partial charge in [0.05, 0.1) is 18.3 Å². The summed E-state index contributed by atoms with van der Waals surface area (Å²) in [7, 11) is 3.15. The molecule has 110 valence electrons. The summed E-state index contributed by atoms with van der Waals surface area (Å²) < 4.78 is 6.62. The van der Waals surface area contributed by atoms with Crippen LogP contribution in [0.25, 0.3) is 0 Å². The fourth-order valence-corrected chi connectivity index (χ4v) is 2.29. The molecule has 8 heteroatoms. The molecule has 1 amide bonds. The summed E-state index contributed by atoms with van der Waals surface area (Å²) in [6.07, 6.45) is 2.93. The van der Waals surface area contributed by atoms with Crippen LogP contribution in [0.3, 0.4) is 0 Å². The minimum Gasteiger partial charge on any atom is -0.495 e. The van der Waals surface area contributed by atoms with Crippen molar-refractivity contribution in [3.05, 3.63) is 45.7 Å². The number of hydrogen-bond acceptors (Lipinski definition) is 4. The largest absolute Gasteiger partial charge is 0.495 e. The molecule has 1 N–H and O–H groups in total. The van der Waals surface area contributed by atoms with E-state index in [2.05, 4.69) is 15.6 Å². The molecule has 0 fully saturated rings. The van der Waals surface area contributed by atoms with Crippen LogP contribution < -0.4 is 10.2 Å². The summed E-state index contributed by atoms with van der Waals surface area (Å²) in [5.41, 5.74) is 3.34. The summed E-state index contributed by atoms with van der Waals surface area (Å²) in [6.45, 7) is 0. The van der Waals surface area contributed by atoms with E-state index in [1.54, 1.807) is 25.2 Å². The Morgan fingerprint density at radius 2 is 2.24 bits per heavy atom. The molecule has 1 aromatic heterocycles. The number of aryl methyl sites for hydroxylation is 1. The van der Waals surface area contributed by atoms with Crippen molar-refractivity contribution in [2.45, 2.75) is 0 Å². The van der Waals surface area contributed by atoms with Gasteiger partial charge in [0.2, 0.25) is 0 Å². The Morgan fingerprint density at radius 3 is 2.86 bits per heavy atom. The standard InChI is InChI=1S/C13H12Cl2N4O2/c1-19-11(3-4-17-19)13(20)18-16-7-8-5-9(14)6-10(15)12(8)21-2/h3-7H,1-2H3,(H,18,20)/b16-7+. The van der Waals surface area contributed by atoms with E-state index in [0.29, 0.717) is 27.1 Å². The van der Waals surface area contributed by atoms with Gasteiger partial charge >= 0.3 is 0 Å². The van der Waals surface area contributed by atoms with E-state index in [-0.39, 0.29) is 5.91 Å². The van der Waals surface area contributed by atoms with E-state index < -0.39 is 0 Å². The van der Waals surface area contributed by atoms with Crippen LogP contribution in [0.2, 0.25) is 10.0 Å². The predicted octanol–water partition coefficient (Wildman–Crippen LogP) is 2.50. The average Bonchev–Trinajstić information content (AvgIpc) is 2.84. The van der Waals surface area contributed by atoms with Gasteiger partial charge in [0, 0.05) is 23.8 Å². The van der Waals surface area contributed by atoms with Crippen LogP contribution in [-0.2, 0) is 7.05 Å². The van der Waals surface area contributed by atoms with E-state index in [9.17, 15) is 4.79 Å². The molecule has 21 heavy (non-hydrogen) atoms. The molecule has 2 rings (SSSR count). The van der Waals surface area contributed by atoms with Gasteiger partial charge in [-0.3, -0.25) is 9.48 Å². The Kier molecular flexibility index (Phi) is 4.82. The predicted molar refractivity (Wildman–Crippen MR) is 81.3 cm³/mol. The van der Waals surface area contributed by atoms with Gasteiger partial charge in [-0.05, 0) is 18.2 Å². The summed E-state index contributed by atoms with van der Waals surface area (Å²) in [5, 5.41) is 8.58. The second kappa shape index (κ2) is 6.60. The number of carbonyl (C=O) groups excluding carboxylic acids is 1. The molecule has 6 nitrogen and oxygen atoms in total. The molecule has 2 aromatic rings. The van der Waals surface area contributed by atoms with Crippen molar-refractivity contribution in [1.82, 2.24) is 15.2 Å². The molecule has 0 aliphatic carbocycles. The number of methoxy groups -OCH3 is 1. The van der Waals surface area contributed by atoms with Gasteiger partial charge in [0.1, 0.15) is 11.4 Å². The highest BCUT2D eigenvalue weighted by atomic mass is 35.5. The van der Waals surface area contributed by atoms with Gasteiger partial charge in [0.15, 0.2) is 0 Å². The van der Waals surface area contributed by atoms with Crippen LogP contribution in [0.15, 0.2) is 29.5 Å². The molecule has 0 saturated heterocycles. The molecule has 0 spiro atoms. The highest BCUT2D eigenvalue weighted by Crippen LogP contribution is 2.30. The minimum absolute atomic E-state index is 0.365. The molecule has 0 unspecified atom stereocenters. The number of benzene rings is 1. The third-order valence-corrected chi connectivity index (χ3v) is 3.16. The lowest BCUT2D eigenvalue weighted by atomic mass is 10.2. The molecule has 1 aromatic carbocycles. The van der Waals surface area contributed by atoms with E-state index >= 15 is 0 Å². The third kappa shape index (κ3) is 3.53. The van der Waals surface area contributed by atoms with E-state index in [1.807, 2.05) is 0 Å². The number of nitrogens with zero attached hydrogens (tertiary/aromatic N) is 3. The first-order chi connectivity index (χ1) is 10.0. The van der Waals surface area contributed by atoms with Crippen molar-refractivity contribution in [2.24, 2.45) is 12.1 Å². The van der Waals surface area contributed by atoms with E-state index in [1.165, 1.54) is 24.2 Å². The van der Waals surface area contributed by atoms with Gasteiger partial charge in [-0.15, -0.1) is 0 Å². The molecular formula is C13H12Cl2N4O2. The lowest BCUT2D eigenvalue weighted by molar-refractivity contribution is 0.0945. The minimum atomic E-state index is -0.377. The first-order valence-electron chi connectivity index (χ1n) is 5.87. The van der Waals surface area contributed by atoms with Gasteiger partial charge in [0.25, 0.3) is 5.91 Å². The van der Waals surface area contributed by atoms with E-state index in [4.69, 9.17) is 27.9 Å². The van der Waals surface area contributed by atoms with Crippen LogP contribution in [0.1, 0.15) is 16.1 Å². The maximum absolute atomic E-state index is 11.8. The number of carbonyl (C=O) groups is 1. The van der Waals surface area contributed by atoms with Gasteiger partial charge in [-0.25, -0.2) is 5.43 Å². The summed E-state index contributed by atoms with van der Waals surface area (Å²) in [6, 6.07) is 4.78. The maximum atomic E-state index is 11.8. The number of ether oxygens (including phenoxy) is 1. The number of aromatic nitrogens is 2. The van der Waals surface area contributed by atoms with Gasteiger partial charge < -0.3 is 4.74 Å². The molecule has 0 atom stereocenters. The average molecular weight is 327 g/mol. The quantitative estimate of drug-likeness (QED) is 0.693. The van der Waals surface area contributed by atoms with Crippen LogP contribution in [0.4, 0.5) is 0 Å². The molecule has 0 saturated carbocycles. The molecule has 1 heterocycles. The Labute approximate surface area is 131 Å². The van der Waals surface area contributed by atoms with Crippen molar-refractivity contribution < 1.29 is 9.53 Å². The first kappa shape index (κ1) is 15.3. The second-order valence-corrected chi connectivity index (χ2v) is 4.89. The zero-order chi connectivity index (χ0) is 15.4. The van der Waals surface area contributed by atoms with Crippen molar-refractivity contribution >= 4 is 35.3 Å². The van der Waals surface area contributed by atoms with Crippen molar-refractivity contribution in [3.63, 3.8) is 0 Å². The summed E-state index contributed by atoms with van der Waals surface area (Å²) >= 11 is 11.9. The molecule has 0 radical (unpaired) electrons. The Hall–Kier alpha value is -2.05.